The van der Waals surface area contributed by atoms with Gasteiger partial charge in [0.05, 0.1) is 43.6 Å². The van der Waals surface area contributed by atoms with Crippen LogP contribution in [0.15, 0.2) is 152 Å². The second-order valence-corrected chi connectivity index (χ2v) is 12.1. The summed E-state index contributed by atoms with van der Waals surface area (Å²) in [6, 6.07) is 46.4. The third-order valence-electron chi connectivity index (χ3n) is 8.62. The lowest BCUT2D eigenvalue weighted by atomic mass is 10.1. The summed E-state index contributed by atoms with van der Waals surface area (Å²) >= 11 is 0. The fourth-order valence-electron chi connectivity index (χ4n) is 5.82. The zero-order valence-electron chi connectivity index (χ0n) is 30.7. The average Bonchev–Trinajstić information content (AvgIpc) is 3.27. The van der Waals surface area contributed by atoms with E-state index in [1.54, 1.807) is 57.7 Å². The highest BCUT2D eigenvalue weighted by molar-refractivity contribution is 5.74. The van der Waals surface area contributed by atoms with Crippen LogP contribution in [0.4, 0.5) is 0 Å². The van der Waals surface area contributed by atoms with Gasteiger partial charge in [-0.2, -0.15) is 0 Å². The predicted octanol–water partition coefficient (Wildman–Crippen LogP) is 9.18. The second-order valence-electron chi connectivity index (χ2n) is 12.1. The van der Waals surface area contributed by atoms with Gasteiger partial charge in [0.15, 0.2) is 34.9 Å². The molecular weight excluding hydrogens is 705 g/mol. The first-order chi connectivity index (χ1) is 27.4. The van der Waals surface area contributed by atoms with Crippen LogP contribution in [0.1, 0.15) is 0 Å². The SMILES string of the molecule is COc1ccc(-c2nc(-c3ccccc3)nc(-c3ccccc3)n2)c(O)c1.COc1ccccc1-c1nc(-c2ccccc2O)nc(-c2ccccc2OC)n1. The van der Waals surface area contributed by atoms with Gasteiger partial charge < -0.3 is 24.4 Å². The Morgan fingerprint density at radius 1 is 0.339 bits per heavy atom. The third kappa shape index (κ3) is 8.12. The van der Waals surface area contributed by atoms with E-state index in [0.29, 0.717) is 63.3 Å². The molecule has 0 unspecified atom stereocenters. The molecule has 0 aliphatic rings. The fourth-order valence-corrected chi connectivity index (χ4v) is 5.82. The zero-order chi connectivity index (χ0) is 38.9. The molecule has 0 amide bonds. The van der Waals surface area contributed by atoms with Crippen molar-refractivity contribution in [2.75, 3.05) is 21.3 Å². The Balaban J connectivity index is 0.000000172. The van der Waals surface area contributed by atoms with Gasteiger partial charge in [-0.25, -0.2) is 29.9 Å². The van der Waals surface area contributed by atoms with Crippen molar-refractivity contribution in [3.05, 3.63) is 152 Å². The van der Waals surface area contributed by atoms with Crippen LogP contribution in [0, 0.1) is 0 Å². The van der Waals surface area contributed by atoms with E-state index >= 15 is 0 Å². The summed E-state index contributed by atoms with van der Waals surface area (Å²) in [7, 11) is 4.76. The van der Waals surface area contributed by atoms with Crippen LogP contribution in [-0.2, 0) is 0 Å². The molecule has 11 nitrogen and oxygen atoms in total. The molecule has 0 saturated heterocycles. The summed E-state index contributed by atoms with van der Waals surface area (Å²) < 4.78 is 16.1. The Labute approximate surface area is 323 Å². The lowest BCUT2D eigenvalue weighted by Crippen LogP contribution is -2.02. The first-order valence-electron chi connectivity index (χ1n) is 17.5. The van der Waals surface area contributed by atoms with E-state index in [1.165, 1.54) is 0 Å². The summed E-state index contributed by atoms with van der Waals surface area (Å²) in [5.74, 6) is 4.76. The van der Waals surface area contributed by atoms with Crippen molar-refractivity contribution in [2.24, 2.45) is 0 Å². The highest BCUT2D eigenvalue weighted by atomic mass is 16.5. The van der Waals surface area contributed by atoms with E-state index in [2.05, 4.69) is 29.9 Å². The zero-order valence-corrected chi connectivity index (χ0v) is 30.7. The number of aromatic hydroxyl groups is 2. The van der Waals surface area contributed by atoms with Gasteiger partial charge in [-0.15, -0.1) is 0 Å². The van der Waals surface area contributed by atoms with Gasteiger partial charge in [0.1, 0.15) is 28.7 Å². The lowest BCUT2D eigenvalue weighted by Gasteiger charge is -2.12. The summed E-state index contributed by atoms with van der Waals surface area (Å²) in [5.41, 5.74) is 4.25. The standard InChI is InChI=1S/C23H19N3O3.C22H17N3O2/c1-28-19-13-7-4-10-16(19)22-24-21(15-9-3-6-12-18(15)27)25-23(26-22)17-11-5-8-14-20(17)29-2;1-27-17-12-13-18(19(26)14-17)22-24-20(15-8-4-2-5-9-15)23-21(25-22)16-10-6-3-7-11-16/h3-14,27H,1-2H3;2-14,26H,1H3. The summed E-state index contributed by atoms with van der Waals surface area (Å²) in [6.07, 6.45) is 0. The van der Waals surface area contributed by atoms with Gasteiger partial charge in [-0.1, -0.05) is 97.1 Å². The van der Waals surface area contributed by atoms with Crippen LogP contribution >= 0.6 is 0 Å². The van der Waals surface area contributed by atoms with Crippen LogP contribution in [-0.4, -0.2) is 61.4 Å². The Hall–Kier alpha value is -7.66. The Bertz CT molecular complexity index is 2470. The van der Waals surface area contributed by atoms with Gasteiger partial charge in [-0.3, -0.25) is 0 Å². The van der Waals surface area contributed by atoms with Crippen molar-refractivity contribution in [2.45, 2.75) is 0 Å². The van der Waals surface area contributed by atoms with Gasteiger partial charge in [-0.05, 0) is 48.5 Å². The molecule has 0 bridgehead atoms. The average molecular weight is 741 g/mol. The van der Waals surface area contributed by atoms with E-state index < -0.39 is 0 Å². The molecular formula is C45H36N6O5. The number of hydrogen-bond donors (Lipinski definition) is 2. The molecule has 0 saturated carbocycles. The molecule has 276 valence electrons. The minimum Gasteiger partial charge on any atom is -0.507 e. The molecule has 0 atom stereocenters. The number of ether oxygens (including phenoxy) is 3. The molecule has 6 aromatic carbocycles. The molecule has 11 heteroatoms. The number of phenols is 2. The van der Waals surface area contributed by atoms with Crippen molar-refractivity contribution < 1.29 is 24.4 Å². The van der Waals surface area contributed by atoms with Crippen molar-refractivity contribution in [1.82, 2.24) is 29.9 Å². The molecule has 0 aliphatic heterocycles. The number of para-hydroxylation sites is 3. The summed E-state index contributed by atoms with van der Waals surface area (Å²) in [5, 5.41) is 20.8. The molecule has 2 heterocycles. The Morgan fingerprint density at radius 3 is 1.16 bits per heavy atom. The molecule has 0 aliphatic carbocycles. The number of aromatic nitrogens is 6. The minimum atomic E-state index is 0.0542. The fraction of sp³-hybridized carbons (Fsp3) is 0.0667. The van der Waals surface area contributed by atoms with E-state index in [1.807, 2.05) is 115 Å². The molecule has 8 rings (SSSR count). The van der Waals surface area contributed by atoms with Crippen molar-refractivity contribution in [3.8, 4) is 97.1 Å². The maximum absolute atomic E-state index is 10.4. The third-order valence-corrected chi connectivity index (χ3v) is 8.62. The predicted molar refractivity (Wildman–Crippen MR) is 215 cm³/mol. The van der Waals surface area contributed by atoms with Gasteiger partial charge in [0, 0.05) is 17.2 Å². The Morgan fingerprint density at radius 2 is 0.714 bits per heavy atom. The lowest BCUT2D eigenvalue weighted by molar-refractivity contribution is 0.408. The largest absolute Gasteiger partial charge is 0.507 e. The van der Waals surface area contributed by atoms with Crippen LogP contribution in [0.3, 0.4) is 0 Å². The number of methoxy groups -OCH3 is 3. The molecule has 2 aromatic heterocycles. The van der Waals surface area contributed by atoms with E-state index in [0.717, 1.165) is 22.3 Å². The normalized spacial score (nSPS) is 10.6. The highest BCUT2D eigenvalue weighted by Gasteiger charge is 2.19. The van der Waals surface area contributed by atoms with Crippen LogP contribution in [0.25, 0.3) is 68.3 Å². The number of hydrogen-bond acceptors (Lipinski definition) is 11. The smallest absolute Gasteiger partial charge is 0.167 e. The quantitative estimate of drug-likeness (QED) is 0.146. The van der Waals surface area contributed by atoms with Crippen molar-refractivity contribution >= 4 is 0 Å². The molecule has 2 N–H and O–H groups in total. The van der Waals surface area contributed by atoms with Gasteiger partial charge in [0.2, 0.25) is 0 Å². The first kappa shape index (κ1) is 36.7. The van der Waals surface area contributed by atoms with Crippen LogP contribution in [0.2, 0.25) is 0 Å². The Kier molecular flexibility index (Phi) is 11.1. The van der Waals surface area contributed by atoms with Crippen molar-refractivity contribution in [3.63, 3.8) is 0 Å². The molecule has 8 aromatic rings. The van der Waals surface area contributed by atoms with Gasteiger partial charge in [0.25, 0.3) is 0 Å². The van der Waals surface area contributed by atoms with Crippen molar-refractivity contribution in [1.29, 1.82) is 0 Å². The molecule has 0 fully saturated rings. The monoisotopic (exact) mass is 740 g/mol. The number of phenolic OH excluding ortho intramolecular Hbond substituents is 2. The maximum Gasteiger partial charge on any atom is 0.167 e. The first-order valence-corrected chi connectivity index (χ1v) is 17.5. The number of benzene rings is 6. The van der Waals surface area contributed by atoms with E-state index in [4.69, 9.17) is 14.2 Å². The highest BCUT2D eigenvalue weighted by Crippen LogP contribution is 2.35. The summed E-state index contributed by atoms with van der Waals surface area (Å²) in [4.78, 5) is 27.7. The van der Waals surface area contributed by atoms with E-state index in [-0.39, 0.29) is 11.5 Å². The molecule has 0 radical (unpaired) electrons. The van der Waals surface area contributed by atoms with Gasteiger partial charge >= 0.3 is 0 Å². The maximum atomic E-state index is 10.4. The second kappa shape index (κ2) is 17.0. The topological polar surface area (TPSA) is 145 Å². The van der Waals surface area contributed by atoms with Crippen LogP contribution < -0.4 is 14.2 Å². The molecule has 0 spiro atoms. The van der Waals surface area contributed by atoms with Crippen LogP contribution in [0.5, 0.6) is 28.7 Å². The number of rotatable bonds is 9. The minimum absolute atomic E-state index is 0.0542. The number of nitrogens with zero attached hydrogens (tertiary/aromatic N) is 6. The van der Waals surface area contributed by atoms with E-state index in [9.17, 15) is 10.2 Å². The summed E-state index contributed by atoms with van der Waals surface area (Å²) in [6.45, 7) is 0. The molecule has 56 heavy (non-hydrogen) atoms.